The van der Waals surface area contributed by atoms with E-state index in [0.717, 1.165) is 0 Å². The molecule has 1 heterocycles. The Hall–Kier alpha value is -1.75. The molecule has 0 bridgehead atoms. The molecule has 1 N–H and O–H groups in total. The Morgan fingerprint density at radius 1 is 1.00 bits per heavy atom. The van der Waals surface area contributed by atoms with E-state index in [1.807, 2.05) is 0 Å². The summed E-state index contributed by atoms with van der Waals surface area (Å²) < 4.78 is 1.42. The maximum absolute atomic E-state index is 12.4. The van der Waals surface area contributed by atoms with Crippen molar-refractivity contribution in [1.82, 2.24) is 9.55 Å². The molecule has 0 unspecified atom stereocenters. The molecule has 0 aliphatic rings. The summed E-state index contributed by atoms with van der Waals surface area (Å²) in [6.07, 6.45) is 0. The molecular formula is C15H10Cl3N3O. The standard InChI is InChI=1S/C15H10Cl3N3O/c1-21-14(22)12-3-2-8(16)7-13(12)20-15(21)19-11-5-9(17)4-10(18)6-11/h2-7H,1H3,(H,19,20). The molecule has 1 aromatic heterocycles. The van der Waals surface area contributed by atoms with Gasteiger partial charge in [0.25, 0.3) is 5.56 Å². The van der Waals surface area contributed by atoms with Crippen molar-refractivity contribution in [2.45, 2.75) is 0 Å². The molecule has 0 spiro atoms. The number of nitrogens with zero attached hydrogens (tertiary/aromatic N) is 2. The smallest absolute Gasteiger partial charge is 0.262 e. The number of halogens is 3. The van der Waals surface area contributed by atoms with Crippen LogP contribution in [0.15, 0.2) is 41.2 Å². The summed E-state index contributed by atoms with van der Waals surface area (Å²) >= 11 is 17.9. The Morgan fingerprint density at radius 2 is 1.68 bits per heavy atom. The summed E-state index contributed by atoms with van der Waals surface area (Å²) in [6, 6.07) is 9.99. The number of nitrogens with one attached hydrogen (secondary N) is 1. The van der Waals surface area contributed by atoms with Crippen molar-refractivity contribution in [3.05, 3.63) is 61.8 Å². The molecule has 0 fully saturated rings. The molecule has 0 aliphatic carbocycles. The molecule has 0 aliphatic heterocycles. The lowest BCUT2D eigenvalue weighted by Crippen LogP contribution is -2.21. The van der Waals surface area contributed by atoms with Gasteiger partial charge in [-0.25, -0.2) is 4.98 Å². The van der Waals surface area contributed by atoms with Gasteiger partial charge >= 0.3 is 0 Å². The Morgan fingerprint density at radius 3 is 2.36 bits per heavy atom. The largest absolute Gasteiger partial charge is 0.325 e. The highest BCUT2D eigenvalue weighted by Gasteiger charge is 2.09. The highest BCUT2D eigenvalue weighted by Crippen LogP contribution is 2.25. The average Bonchev–Trinajstić information content (AvgIpc) is 2.43. The van der Waals surface area contributed by atoms with Gasteiger partial charge in [-0.1, -0.05) is 34.8 Å². The maximum Gasteiger partial charge on any atom is 0.262 e. The van der Waals surface area contributed by atoms with Crippen LogP contribution < -0.4 is 10.9 Å². The van der Waals surface area contributed by atoms with Crippen LogP contribution in [-0.4, -0.2) is 9.55 Å². The lowest BCUT2D eigenvalue weighted by Gasteiger charge is -2.12. The number of aromatic nitrogens is 2. The third kappa shape index (κ3) is 2.90. The van der Waals surface area contributed by atoms with Crippen LogP contribution in [0.3, 0.4) is 0 Å². The second-order valence-electron chi connectivity index (χ2n) is 4.74. The van der Waals surface area contributed by atoms with E-state index in [9.17, 15) is 4.79 Å². The Kier molecular flexibility index (Phi) is 4.00. The zero-order chi connectivity index (χ0) is 15.9. The number of fused-ring (bicyclic) bond motifs is 1. The molecule has 0 radical (unpaired) electrons. The van der Waals surface area contributed by atoms with Crippen molar-refractivity contribution in [3.8, 4) is 0 Å². The topological polar surface area (TPSA) is 46.9 Å². The van der Waals surface area contributed by atoms with Crippen molar-refractivity contribution in [2.24, 2.45) is 7.05 Å². The van der Waals surface area contributed by atoms with Crippen LogP contribution in [0.1, 0.15) is 0 Å². The highest BCUT2D eigenvalue weighted by atomic mass is 35.5. The molecule has 22 heavy (non-hydrogen) atoms. The fourth-order valence-electron chi connectivity index (χ4n) is 2.11. The molecule has 3 aromatic rings. The minimum Gasteiger partial charge on any atom is -0.325 e. The third-order valence-corrected chi connectivity index (χ3v) is 3.83. The quantitative estimate of drug-likeness (QED) is 0.729. The fraction of sp³-hybridized carbons (Fsp3) is 0.0667. The van der Waals surface area contributed by atoms with Crippen LogP contribution in [0.5, 0.6) is 0 Å². The van der Waals surface area contributed by atoms with Crippen LogP contribution in [0.2, 0.25) is 15.1 Å². The number of rotatable bonds is 2. The first-order chi connectivity index (χ1) is 10.4. The second-order valence-corrected chi connectivity index (χ2v) is 6.05. The van der Waals surface area contributed by atoms with Crippen LogP contribution in [0, 0.1) is 0 Å². The summed E-state index contributed by atoms with van der Waals surface area (Å²) in [5.74, 6) is 0.373. The van der Waals surface area contributed by atoms with E-state index in [2.05, 4.69) is 10.3 Å². The predicted molar refractivity (Wildman–Crippen MR) is 91.7 cm³/mol. The number of hydrogen-bond acceptors (Lipinski definition) is 3. The molecule has 4 nitrogen and oxygen atoms in total. The Bertz CT molecular complexity index is 917. The summed E-state index contributed by atoms with van der Waals surface area (Å²) in [5.41, 5.74) is 0.991. The van der Waals surface area contributed by atoms with Gasteiger partial charge in [0, 0.05) is 27.8 Å². The first kappa shape index (κ1) is 15.2. The molecule has 0 atom stereocenters. The minimum atomic E-state index is -0.169. The monoisotopic (exact) mass is 353 g/mol. The van der Waals surface area contributed by atoms with Gasteiger partial charge in [0.1, 0.15) is 0 Å². The van der Waals surface area contributed by atoms with Crippen molar-refractivity contribution in [1.29, 1.82) is 0 Å². The van der Waals surface area contributed by atoms with Gasteiger partial charge < -0.3 is 5.32 Å². The molecule has 0 amide bonds. The highest BCUT2D eigenvalue weighted by molar-refractivity contribution is 6.35. The predicted octanol–water partition coefficient (Wildman–Crippen LogP) is 4.64. The van der Waals surface area contributed by atoms with Gasteiger partial charge in [-0.3, -0.25) is 9.36 Å². The lowest BCUT2D eigenvalue weighted by atomic mass is 10.2. The molecule has 112 valence electrons. The van der Waals surface area contributed by atoms with E-state index >= 15 is 0 Å². The summed E-state index contributed by atoms with van der Waals surface area (Å²) in [5, 5.41) is 5.05. The molecule has 0 saturated heterocycles. The van der Waals surface area contributed by atoms with E-state index in [0.29, 0.717) is 37.6 Å². The fourth-order valence-corrected chi connectivity index (χ4v) is 2.80. The van der Waals surface area contributed by atoms with Crippen molar-refractivity contribution >= 4 is 57.3 Å². The Labute approximate surface area is 141 Å². The van der Waals surface area contributed by atoms with E-state index in [-0.39, 0.29) is 5.56 Å². The van der Waals surface area contributed by atoms with Crippen molar-refractivity contribution < 1.29 is 0 Å². The van der Waals surface area contributed by atoms with E-state index in [1.54, 1.807) is 43.4 Å². The molecule has 2 aromatic carbocycles. The first-order valence-electron chi connectivity index (χ1n) is 6.33. The lowest BCUT2D eigenvalue weighted by molar-refractivity contribution is 0.856. The van der Waals surface area contributed by atoms with Crippen molar-refractivity contribution in [3.63, 3.8) is 0 Å². The molecular weight excluding hydrogens is 345 g/mol. The number of anilines is 2. The zero-order valence-corrected chi connectivity index (χ0v) is 13.7. The van der Waals surface area contributed by atoms with E-state index in [1.165, 1.54) is 4.57 Å². The SMILES string of the molecule is Cn1c(Nc2cc(Cl)cc(Cl)c2)nc2cc(Cl)ccc2c1=O. The number of hydrogen-bond donors (Lipinski definition) is 1. The Balaban J connectivity index is 2.14. The number of benzene rings is 2. The van der Waals surface area contributed by atoms with Crippen LogP contribution in [0.25, 0.3) is 10.9 Å². The van der Waals surface area contributed by atoms with E-state index < -0.39 is 0 Å². The van der Waals surface area contributed by atoms with Crippen molar-refractivity contribution in [2.75, 3.05) is 5.32 Å². The summed E-state index contributed by atoms with van der Waals surface area (Å²) in [7, 11) is 1.64. The molecule has 3 rings (SSSR count). The van der Waals surface area contributed by atoms with Crippen LogP contribution in [-0.2, 0) is 7.05 Å². The van der Waals surface area contributed by atoms with Gasteiger partial charge in [-0.05, 0) is 36.4 Å². The molecule has 7 heteroatoms. The van der Waals surface area contributed by atoms with Gasteiger partial charge in [0.2, 0.25) is 5.95 Å². The second kappa shape index (κ2) is 5.80. The van der Waals surface area contributed by atoms with Crippen LogP contribution >= 0.6 is 34.8 Å². The third-order valence-electron chi connectivity index (χ3n) is 3.16. The van der Waals surface area contributed by atoms with Crippen LogP contribution in [0.4, 0.5) is 11.6 Å². The minimum absolute atomic E-state index is 0.169. The maximum atomic E-state index is 12.4. The average molecular weight is 355 g/mol. The summed E-state index contributed by atoms with van der Waals surface area (Å²) in [4.78, 5) is 16.8. The molecule has 0 saturated carbocycles. The van der Waals surface area contributed by atoms with Gasteiger partial charge in [0.05, 0.1) is 10.9 Å². The van der Waals surface area contributed by atoms with Gasteiger partial charge in [-0.2, -0.15) is 0 Å². The normalized spacial score (nSPS) is 10.9. The van der Waals surface area contributed by atoms with Gasteiger partial charge in [0.15, 0.2) is 0 Å². The van der Waals surface area contributed by atoms with E-state index in [4.69, 9.17) is 34.8 Å². The zero-order valence-electron chi connectivity index (χ0n) is 11.4. The first-order valence-corrected chi connectivity index (χ1v) is 7.47. The van der Waals surface area contributed by atoms with Gasteiger partial charge in [-0.15, -0.1) is 0 Å². The summed E-state index contributed by atoms with van der Waals surface area (Å²) in [6.45, 7) is 0.